The van der Waals surface area contributed by atoms with E-state index in [0.29, 0.717) is 0 Å². The summed E-state index contributed by atoms with van der Waals surface area (Å²) in [5.74, 6) is -2.39. The molecule has 0 aromatic rings. The van der Waals surface area contributed by atoms with Gasteiger partial charge in [0.1, 0.15) is 5.25 Å². The predicted molar refractivity (Wildman–Crippen MR) is 87.4 cm³/mol. The van der Waals surface area contributed by atoms with Gasteiger partial charge in [0.25, 0.3) is 0 Å². The number of carbonyl (C=O) groups excluding carboxylic acids is 1. The molecule has 7 heteroatoms. The minimum absolute atomic E-state index is 0.0251. The molecule has 2 aliphatic rings. The average molecular weight is 343 g/mol. The summed E-state index contributed by atoms with van der Waals surface area (Å²) in [6.45, 7) is 7.39. The van der Waals surface area contributed by atoms with E-state index in [4.69, 9.17) is 10.2 Å². The van der Waals surface area contributed by atoms with Gasteiger partial charge in [-0.1, -0.05) is 20.8 Å². The van der Waals surface area contributed by atoms with Gasteiger partial charge in [-0.05, 0) is 30.1 Å². The molecule has 1 aliphatic heterocycles. The number of hydrogen-bond acceptors (Lipinski definition) is 4. The largest absolute Gasteiger partial charge is 0.481 e. The lowest BCUT2D eigenvalue weighted by Crippen LogP contribution is -2.39. The molecule has 23 heavy (non-hydrogen) atoms. The molecule has 2 N–H and O–H groups in total. The van der Waals surface area contributed by atoms with Crippen LogP contribution in [0.25, 0.3) is 0 Å². The molecule has 0 radical (unpaired) electrons. The van der Waals surface area contributed by atoms with Gasteiger partial charge in [-0.3, -0.25) is 14.4 Å². The molecule has 1 aliphatic carbocycles. The highest BCUT2D eigenvalue weighted by molar-refractivity contribution is 8.01. The van der Waals surface area contributed by atoms with Crippen molar-refractivity contribution in [2.24, 2.45) is 10.8 Å². The SMILES string of the molecule is CC1(C)C[C@H]2C[C@](C)(CN2C(=O)CS[C@H](CC(=O)O)C(=O)O)C1. The van der Waals surface area contributed by atoms with Crippen LogP contribution < -0.4 is 0 Å². The molecule has 2 bridgehead atoms. The number of nitrogens with zero attached hydrogens (tertiary/aromatic N) is 1. The topological polar surface area (TPSA) is 94.9 Å². The molecule has 3 atom stereocenters. The number of likely N-dealkylation sites (tertiary alicyclic amines) is 1. The van der Waals surface area contributed by atoms with Crippen molar-refractivity contribution in [3.05, 3.63) is 0 Å². The summed E-state index contributed by atoms with van der Waals surface area (Å²) in [7, 11) is 0. The molecule has 0 unspecified atom stereocenters. The number of hydrogen-bond donors (Lipinski definition) is 2. The minimum Gasteiger partial charge on any atom is -0.481 e. The fourth-order valence-electron chi connectivity index (χ4n) is 4.38. The van der Waals surface area contributed by atoms with E-state index in [0.717, 1.165) is 37.6 Å². The highest BCUT2D eigenvalue weighted by Crippen LogP contribution is 2.52. The normalized spacial score (nSPS) is 30.0. The van der Waals surface area contributed by atoms with Crippen molar-refractivity contribution >= 4 is 29.6 Å². The molecule has 1 heterocycles. The number of aliphatic carboxylic acids is 2. The van der Waals surface area contributed by atoms with Crippen molar-refractivity contribution in [2.45, 2.75) is 57.7 Å². The van der Waals surface area contributed by atoms with E-state index in [9.17, 15) is 14.4 Å². The molecule has 2 fully saturated rings. The number of amides is 1. The number of rotatable bonds is 6. The van der Waals surface area contributed by atoms with Crippen LogP contribution in [0.15, 0.2) is 0 Å². The Hall–Kier alpha value is -1.24. The van der Waals surface area contributed by atoms with E-state index >= 15 is 0 Å². The Morgan fingerprint density at radius 3 is 2.43 bits per heavy atom. The Labute approximate surface area is 140 Å². The molecule has 0 aromatic carbocycles. The summed E-state index contributed by atoms with van der Waals surface area (Å²) in [5, 5.41) is 16.7. The van der Waals surface area contributed by atoms with Gasteiger partial charge in [0.05, 0.1) is 12.2 Å². The fourth-order valence-corrected chi connectivity index (χ4v) is 5.30. The molecular formula is C16H25NO5S. The second-order valence-corrected chi connectivity index (χ2v) is 9.16. The standard InChI is InChI=1S/C16H25NO5S/c1-15(2)5-10-6-16(3,8-15)9-17(10)12(18)7-23-11(14(21)22)4-13(19)20/h10-11H,4-9H2,1-3H3,(H,19,20)(H,21,22)/t10-,11+,16-/m0/s1. The van der Waals surface area contributed by atoms with Crippen LogP contribution in [0, 0.1) is 10.8 Å². The number of thioether (sulfide) groups is 1. The Morgan fingerprint density at radius 2 is 1.87 bits per heavy atom. The van der Waals surface area contributed by atoms with Crippen molar-refractivity contribution in [3.63, 3.8) is 0 Å². The smallest absolute Gasteiger partial charge is 0.317 e. The number of fused-ring (bicyclic) bond motifs is 2. The third-order valence-corrected chi connectivity index (χ3v) is 5.96. The Balaban J connectivity index is 1.96. The molecule has 0 aromatic heterocycles. The molecule has 0 spiro atoms. The maximum Gasteiger partial charge on any atom is 0.317 e. The van der Waals surface area contributed by atoms with Crippen molar-refractivity contribution in [1.29, 1.82) is 0 Å². The van der Waals surface area contributed by atoms with Crippen LogP contribution in [0.1, 0.15) is 46.5 Å². The summed E-state index contributed by atoms with van der Waals surface area (Å²) in [4.78, 5) is 36.2. The fraction of sp³-hybridized carbons (Fsp3) is 0.812. The van der Waals surface area contributed by atoms with Gasteiger partial charge >= 0.3 is 11.9 Å². The first-order chi connectivity index (χ1) is 10.5. The Kier molecular flexibility index (Phi) is 4.99. The Bertz CT molecular complexity index is 521. The molecule has 2 rings (SSSR count). The van der Waals surface area contributed by atoms with Crippen LogP contribution in [0.5, 0.6) is 0 Å². The monoisotopic (exact) mass is 343 g/mol. The van der Waals surface area contributed by atoms with Gasteiger partial charge < -0.3 is 15.1 Å². The van der Waals surface area contributed by atoms with E-state index < -0.39 is 23.6 Å². The molecule has 1 amide bonds. The van der Waals surface area contributed by atoms with E-state index in [1.165, 1.54) is 0 Å². The van der Waals surface area contributed by atoms with Gasteiger partial charge in [-0.2, -0.15) is 0 Å². The highest BCUT2D eigenvalue weighted by Gasteiger charge is 2.50. The first kappa shape index (κ1) is 18.1. The molecular weight excluding hydrogens is 318 g/mol. The number of carbonyl (C=O) groups is 3. The number of carboxylic acids is 2. The summed E-state index contributed by atoms with van der Waals surface area (Å²) in [5.41, 5.74) is 0.354. The van der Waals surface area contributed by atoms with Gasteiger partial charge in [-0.25, -0.2) is 0 Å². The average Bonchev–Trinajstić information content (AvgIpc) is 2.62. The molecule has 130 valence electrons. The van der Waals surface area contributed by atoms with Crippen LogP contribution >= 0.6 is 11.8 Å². The van der Waals surface area contributed by atoms with E-state index in [1.807, 2.05) is 4.90 Å². The van der Waals surface area contributed by atoms with Crippen molar-refractivity contribution in [1.82, 2.24) is 4.90 Å². The minimum atomic E-state index is -1.18. The van der Waals surface area contributed by atoms with Crippen LogP contribution in [-0.2, 0) is 14.4 Å². The predicted octanol–water partition coefficient (Wildman–Crippen LogP) is 2.07. The third kappa shape index (κ3) is 4.40. The van der Waals surface area contributed by atoms with Crippen LogP contribution in [0.4, 0.5) is 0 Å². The second kappa shape index (κ2) is 6.34. The number of carboxylic acid groups (broad SMARTS) is 2. The summed E-state index contributed by atoms with van der Waals surface area (Å²) in [6.07, 6.45) is 2.59. The zero-order valence-corrected chi connectivity index (χ0v) is 14.7. The zero-order valence-electron chi connectivity index (χ0n) is 13.9. The maximum absolute atomic E-state index is 12.5. The van der Waals surface area contributed by atoms with Crippen LogP contribution in [-0.4, -0.2) is 56.5 Å². The summed E-state index contributed by atoms with van der Waals surface area (Å²) >= 11 is 0.914. The lowest BCUT2D eigenvalue weighted by molar-refractivity contribution is -0.143. The van der Waals surface area contributed by atoms with Gasteiger partial charge in [-0.15, -0.1) is 11.8 Å². The highest BCUT2D eigenvalue weighted by atomic mass is 32.2. The van der Waals surface area contributed by atoms with Crippen molar-refractivity contribution in [2.75, 3.05) is 12.3 Å². The van der Waals surface area contributed by atoms with Gasteiger partial charge in [0.2, 0.25) is 5.91 Å². The van der Waals surface area contributed by atoms with Crippen molar-refractivity contribution < 1.29 is 24.6 Å². The summed E-state index contributed by atoms with van der Waals surface area (Å²) < 4.78 is 0. The first-order valence-corrected chi connectivity index (χ1v) is 8.92. The lowest BCUT2D eigenvalue weighted by Gasteiger charge is -2.39. The van der Waals surface area contributed by atoms with Gasteiger partial charge in [0.15, 0.2) is 0 Å². The second-order valence-electron chi connectivity index (χ2n) is 7.97. The lowest BCUT2D eigenvalue weighted by atomic mass is 9.65. The first-order valence-electron chi connectivity index (χ1n) is 7.87. The van der Waals surface area contributed by atoms with Gasteiger partial charge in [0, 0.05) is 12.6 Å². The van der Waals surface area contributed by atoms with E-state index in [1.54, 1.807) is 0 Å². The van der Waals surface area contributed by atoms with E-state index in [2.05, 4.69) is 20.8 Å². The third-order valence-electron chi connectivity index (χ3n) is 4.78. The maximum atomic E-state index is 12.5. The quantitative estimate of drug-likeness (QED) is 0.767. The van der Waals surface area contributed by atoms with Crippen molar-refractivity contribution in [3.8, 4) is 0 Å². The molecule has 6 nitrogen and oxygen atoms in total. The van der Waals surface area contributed by atoms with Crippen LogP contribution in [0.2, 0.25) is 0 Å². The molecule has 1 saturated heterocycles. The summed E-state index contributed by atoms with van der Waals surface area (Å²) in [6, 6.07) is 0.222. The van der Waals surface area contributed by atoms with Crippen LogP contribution in [0.3, 0.4) is 0 Å². The molecule has 1 saturated carbocycles. The zero-order chi connectivity index (χ0) is 17.4. The van der Waals surface area contributed by atoms with E-state index in [-0.39, 0.29) is 28.5 Å². The Morgan fingerprint density at radius 1 is 1.22 bits per heavy atom.